The van der Waals surface area contributed by atoms with Crippen molar-refractivity contribution in [3.8, 4) is 0 Å². The molecular weight excluding hydrogens is 471 g/mol. The van der Waals surface area contributed by atoms with Gasteiger partial charge in [-0.3, -0.25) is 4.99 Å². The predicted molar refractivity (Wildman–Crippen MR) is 115 cm³/mol. The zero-order valence-electron chi connectivity index (χ0n) is 16.4. The van der Waals surface area contributed by atoms with Crippen molar-refractivity contribution in [3.63, 3.8) is 0 Å². The lowest BCUT2D eigenvalue weighted by Gasteiger charge is -2.32. The zero-order valence-corrected chi connectivity index (χ0v) is 19.5. The minimum atomic E-state index is -3.19. The lowest BCUT2D eigenvalue weighted by atomic mass is 10.1. The fourth-order valence-electron chi connectivity index (χ4n) is 2.32. The number of sulfone groups is 1. The minimum Gasteiger partial charge on any atom is -0.450 e. The van der Waals surface area contributed by atoms with Crippen LogP contribution in [0, 0.1) is 0 Å². The molecule has 1 aliphatic rings. The molecule has 1 amide bonds. The van der Waals surface area contributed by atoms with Crippen molar-refractivity contribution in [3.05, 3.63) is 0 Å². The van der Waals surface area contributed by atoms with E-state index in [1.54, 1.807) is 25.7 Å². The number of carbonyl (C=O) groups excluding carboxylic acids is 1. The first kappa shape index (κ1) is 25.2. The number of hydrogen-bond donors (Lipinski definition) is 2. The maximum absolute atomic E-state index is 11.8. The van der Waals surface area contributed by atoms with Gasteiger partial charge in [0.25, 0.3) is 0 Å². The first-order valence-electron chi connectivity index (χ1n) is 8.77. The molecular formula is C16H33IN4O4S. The van der Waals surface area contributed by atoms with Crippen LogP contribution in [0.3, 0.4) is 0 Å². The highest BCUT2D eigenvalue weighted by Crippen LogP contribution is 2.15. The summed E-state index contributed by atoms with van der Waals surface area (Å²) in [5, 5.41) is 6.48. The standard InChI is InChI=1S/C16H32N4O4S.HI/c1-6-17-14(18-12-16(3,4)25(5,22)23)19-13-8-10-20(11-9-13)15(21)24-7-2;/h13H,6-12H2,1-5H3,(H2,17,18,19);1H. The van der Waals surface area contributed by atoms with Crippen molar-refractivity contribution in [2.75, 3.05) is 39.0 Å². The number of aliphatic imine (C=N–C) groups is 1. The Bertz CT molecular complexity index is 573. The van der Waals surface area contributed by atoms with Gasteiger partial charge in [-0.2, -0.15) is 0 Å². The van der Waals surface area contributed by atoms with E-state index in [-0.39, 0.29) is 42.7 Å². The quantitative estimate of drug-likeness (QED) is 0.324. The van der Waals surface area contributed by atoms with Gasteiger partial charge < -0.3 is 20.3 Å². The van der Waals surface area contributed by atoms with Gasteiger partial charge in [0.05, 0.1) is 17.9 Å². The van der Waals surface area contributed by atoms with E-state index < -0.39 is 14.6 Å². The predicted octanol–water partition coefficient (Wildman–Crippen LogP) is 1.60. The van der Waals surface area contributed by atoms with Crippen LogP contribution in [0.4, 0.5) is 4.79 Å². The average molecular weight is 504 g/mol. The summed E-state index contributed by atoms with van der Waals surface area (Å²) in [6.07, 6.45) is 2.54. The monoisotopic (exact) mass is 504 g/mol. The number of amides is 1. The molecule has 8 nitrogen and oxygen atoms in total. The molecule has 0 aromatic rings. The summed E-state index contributed by atoms with van der Waals surface area (Å²) >= 11 is 0. The highest BCUT2D eigenvalue weighted by Gasteiger charge is 2.30. The van der Waals surface area contributed by atoms with Crippen molar-refractivity contribution < 1.29 is 17.9 Å². The number of piperidine rings is 1. The number of nitrogens with zero attached hydrogens (tertiary/aromatic N) is 2. The molecule has 0 unspecified atom stereocenters. The molecule has 1 saturated heterocycles. The molecule has 26 heavy (non-hydrogen) atoms. The molecule has 2 N–H and O–H groups in total. The Kier molecular flexibility index (Phi) is 10.8. The molecule has 10 heteroatoms. The number of guanidine groups is 1. The number of likely N-dealkylation sites (tertiary alicyclic amines) is 1. The lowest BCUT2D eigenvalue weighted by molar-refractivity contribution is 0.0963. The summed E-state index contributed by atoms with van der Waals surface area (Å²) in [6.45, 7) is 9.61. The van der Waals surface area contributed by atoms with Gasteiger partial charge in [0.2, 0.25) is 0 Å². The van der Waals surface area contributed by atoms with Crippen LogP contribution in [-0.4, -0.2) is 75.2 Å². The normalized spacial score (nSPS) is 16.7. The molecule has 0 bridgehead atoms. The molecule has 0 atom stereocenters. The van der Waals surface area contributed by atoms with Crippen LogP contribution < -0.4 is 10.6 Å². The third kappa shape index (κ3) is 7.85. The summed E-state index contributed by atoms with van der Waals surface area (Å²) < 4.78 is 27.7. The molecule has 0 aliphatic carbocycles. The Labute approximate surface area is 174 Å². The van der Waals surface area contributed by atoms with E-state index in [9.17, 15) is 13.2 Å². The van der Waals surface area contributed by atoms with Crippen molar-refractivity contribution in [1.82, 2.24) is 15.5 Å². The van der Waals surface area contributed by atoms with Gasteiger partial charge in [0.15, 0.2) is 15.8 Å². The summed E-state index contributed by atoms with van der Waals surface area (Å²) in [4.78, 5) is 17.9. The van der Waals surface area contributed by atoms with Crippen molar-refractivity contribution >= 4 is 45.9 Å². The largest absolute Gasteiger partial charge is 0.450 e. The second-order valence-electron chi connectivity index (χ2n) is 6.83. The highest BCUT2D eigenvalue weighted by atomic mass is 127. The molecule has 1 heterocycles. The maximum atomic E-state index is 11.8. The van der Waals surface area contributed by atoms with Crippen LogP contribution in [-0.2, 0) is 14.6 Å². The molecule has 0 aromatic heterocycles. The summed E-state index contributed by atoms with van der Waals surface area (Å²) in [5.41, 5.74) is 0. The van der Waals surface area contributed by atoms with E-state index in [1.807, 2.05) is 6.92 Å². The SMILES string of the molecule is CCNC(=NCC(C)(C)S(C)(=O)=O)NC1CCN(C(=O)OCC)CC1.I. The van der Waals surface area contributed by atoms with Gasteiger partial charge >= 0.3 is 6.09 Å². The third-order valence-corrected chi connectivity index (χ3v) is 6.46. The van der Waals surface area contributed by atoms with Gasteiger partial charge in [0, 0.05) is 31.9 Å². The highest BCUT2D eigenvalue weighted by molar-refractivity contribution is 14.0. The second-order valence-corrected chi connectivity index (χ2v) is 9.48. The molecule has 1 aliphatic heterocycles. The topological polar surface area (TPSA) is 100 Å². The van der Waals surface area contributed by atoms with Crippen LogP contribution in [0.2, 0.25) is 0 Å². The number of ether oxygens (including phenoxy) is 1. The summed E-state index contributed by atoms with van der Waals surface area (Å²) in [6, 6.07) is 0.185. The van der Waals surface area contributed by atoms with Crippen molar-refractivity contribution in [2.45, 2.75) is 51.3 Å². The smallest absolute Gasteiger partial charge is 0.409 e. The first-order valence-corrected chi connectivity index (χ1v) is 10.7. The van der Waals surface area contributed by atoms with Crippen LogP contribution >= 0.6 is 24.0 Å². The van der Waals surface area contributed by atoms with Gasteiger partial charge in [-0.25, -0.2) is 13.2 Å². The van der Waals surface area contributed by atoms with E-state index >= 15 is 0 Å². The van der Waals surface area contributed by atoms with Crippen LogP contribution in [0.1, 0.15) is 40.5 Å². The molecule has 1 rings (SSSR count). The van der Waals surface area contributed by atoms with E-state index in [4.69, 9.17) is 4.74 Å². The van der Waals surface area contributed by atoms with E-state index in [2.05, 4.69) is 15.6 Å². The number of rotatable bonds is 6. The first-order chi connectivity index (χ1) is 11.6. The summed E-state index contributed by atoms with van der Waals surface area (Å²) in [5.74, 6) is 0.605. The third-order valence-electron chi connectivity index (χ3n) is 4.33. The minimum absolute atomic E-state index is 0. The Morgan fingerprint density at radius 2 is 1.85 bits per heavy atom. The molecule has 0 saturated carbocycles. The van der Waals surface area contributed by atoms with Gasteiger partial charge in [0.1, 0.15) is 0 Å². The van der Waals surface area contributed by atoms with Crippen molar-refractivity contribution in [1.29, 1.82) is 0 Å². The Balaban J connectivity index is 0.00000625. The molecule has 154 valence electrons. The number of halogens is 1. The molecule has 1 fully saturated rings. The van der Waals surface area contributed by atoms with E-state index in [1.165, 1.54) is 6.26 Å². The molecule has 0 spiro atoms. The fraction of sp³-hybridized carbons (Fsp3) is 0.875. The Hall–Kier alpha value is -0.780. The van der Waals surface area contributed by atoms with E-state index in [0.29, 0.717) is 32.2 Å². The maximum Gasteiger partial charge on any atom is 0.409 e. The van der Waals surface area contributed by atoms with Crippen molar-refractivity contribution in [2.24, 2.45) is 4.99 Å². The number of hydrogen-bond acceptors (Lipinski definition) is 5. The second kappa shape index (κ2) is 11.2. The molecule has 0 radical (unpaired) electrons. The van der Waals surface area contributed by atoms with Crippen LogP contribution in [0.25, 0.3) is 0 Å². The summed E-state index contributed by atoms with van der Waals surface area (Å²) in [7, 11) is -3.19. The fourth-order valence-corrected chi connectivity index (χ4v) is 2.62. The van der Waals surface area contributed by atoms with Gasteiger partial charge in [-0.1, -0.05) is 0 Å². The van der Waals surface area contributed by atoms with E-state index in [0.717, 1.165) is 12.8 Å². The van der Waals surface area contributed by atoms with Crippen LogP contribution in [0.5, 0.6) is 0 Å². The van der Waals surface area contributed by atoms with Gasteiger partial charge in [-0.05, 0) is 40.5 Å². The Morgan fingerprint density at radius 3 is 2.31 bits per heavy atom. The number of nitrogens with one attached hydrogen (secondary N) is 2. The lowest BCUT2D eigenvalue weighted by Crippen LogP contribution is -2.50. The van der Waals surface area contributed by atoms with Crippen LogP contribution in [0.15, 0.2) is 4.99 Å². The van der Waals surface area contributed by atoms with Gasteiger partial charge in [-0.15, -0.1) is 24.0 Å². The average Bonchev–Trinajstić information content (AvgIpc) is 2.53. The zero-order chi connectivity index (χ0) is 19.1. The number of carbonyl (C=O) groups is 1. The molecule has 0 aromatic carbocycles. The Morgan fingerprint density at radius 1 is 1.27 bits per heavy atom.